The SMILES string of the molecule is C=CCNC(=O)c1ccc(C(=O)Nc2ccc(C(C)=O)cc2)cc1. The number of nitrogens with one attached hydrogen (secondary N) is 2. The molecule has 0 aliphatic heterocycles. The van der Waals surface area contributed by atoms with E-state index in [0.717, 1.165) is 0 Å². The number of carbonyl (C=O) groups is 3. The van der Waals surface area contributed by atoms with Crippen LogP contribution in [0.4, 0.5) is 5.69 Å². The van der Waals surface area contributed by atoms with Gasteiger partial charge in [0.2, 0.25) is 0 Å². The lowest BCUT2D eigenvalue weighted by molar-refractivity contribution is 0.0955. The van der Waals surface area contributed by atoms with Crippen LogP contribution in [0.3, 0.4) is 0 Å². The summed E-state index contributed by atoms with van der Waals surface area (Å²) in [7, 11) is 0. The molecule has 0 atom stereocenters. The number of carbonyl (C=O) groups excluding carboxylic acids is 3. The first-order valence-corrected chi connectivity index (χ1v) is 7.43. The molecule has 0 saturated carbocycles. The molecule has 0 saturated heterocycles. The van der Waals surface area contributed by atoms with E-state index in [1.54, 1.807) is 54.6 Å². The van der Waals surface area contributed by atoms with Crippen molar-refractivity contribution in [1.82, 2.24) is 5.32 Å². The second-order valence-corrected chi connectivity index (χ2v) is 5.16. The summed E-state index contributed by atoms with van der Waals surface area (Å²) in [6.07, 6.45) is 1.59. The maximum atomic E-state index is 12.2. The standard InChI is InChI=1S/C19H18N2O3/c1-3-12-20-18(23)15-4-6-16(7-5-15)19(24)21-17-10-8-14(9-11-17)13(2)22/h3-11H,1,12H2,2H3,(H,20,23)(H,21,24). The molecule has 0 radical (unpaired) electrons. The Bertz CT molecular complexity index is 762. The van der Waals surface area contributed by atoms with Crippen molar-refractivity contribution in [3.8, 4) is 0 Å². The van der Waals surface area contributed by atoms with Crippen LogP contribution in [-0.4, -0.2) is 24.1 Å². The lowest BCUT2D eigenvalue weighted by Crippen LogP contribution is -2.23. The number of benzene rings is 2. The number of anilines is 1. The molecular weight excluding hydrogens is 304 g/mol. The van der Waals surface area contributed by atoms with Gasteiger partial charge in [-0.3, -0.25) is 14.4 Å². The highest BCUT2D eigenvalue weighted by Crippen LogP contribution is 2.12. The minimum atomic E-state index is -0.288. The van der Waals surface area contributed by atoms with Gasteiger partial charge in [0.15, 0.2) is 5.78 Å². The van der Waals surface area contributed by atoms with Crippen LogP contribution in [0.5, 0.6) is 0 Å². The maximum Gasteiger partial charge on any atom is 0.255 e. The summed E-state index contributed by atoms with van der Waals surface area (Å²) in [6, 6.07) is 13.0. The quantitative estimate of drug-likeness (QED) is 0.634. The molecule has 0 spiro atoms. The fraction of sp³-hybridized carbons (Fsp3) is 0.105. The Balaban J connectivity index is 2.03. The number of hydrogen-bond donors (Lipinski definition) is 2. The summed E-state index contributed by atoms with van der Waals surface area (Å²) >= 11 is 0. The van der Waals surface area contributed by atoms with Crippen molar-refractivity contribution in [3.05, 3.63) is 77.9 Å². The minimum absolute atomic E-state index is 0.0294. The van der Waals surface area contributed by atoms with Crippen LogP contribution in [0, 0.1) is 0 Å². The average molecular weight is 322 g/mol. The van der Waals surface area contributed by atoms with Gasteiger partial charge >= 0.3 is 0 Å². The molecular formula is C19H18N2O3. The number of ketones is 1. The normalized spacial score (nSPS) is 9.88. The highest BCUT2D eigenvalue weighted by Gasteiger charge is 2.09. The fourth-order valence-electron chi connectivity index (χ4n) is 2.03. The van der Waals surface area contributed by atoms with Gasteiger partial charge in [-0.25, -0.2) is 0 Å². The van der Waals surface area contributed by atoms with Gasteiger partial charge in [-0.15, -0.1) is 6.58 Å². The molecule has 0 bridgehead atoms. The molecule has 0 heterocycles. The molecule has 2 amide bonds. The molecule has 2 rings (SSSR count). The lowest BCUT2D eigenvalue weighted by Gasteiger charge is -2.07. The van der Waals surface area contributed by atoms with E-state index < -0.39 is 0 Å². The van der Waals surface area contributed by atoms with Gasteiger partial charge in [-0.1, -0.05) is 6.08 Å². The van der Waals surface area contributed by atoms with Crippen LogP contribution >= 0.6 is 0 Å². The van der Waals surface area contributed by atoms with E-state index in [2.05, 4.69) is 17.2 Å². The first-order chi connectivity index (χ1) is 11.5. The van der Waals surface area contributed by atoms with Gasteiger partial charge in [0.25, 0.3) is 11.8 Å². The molecule has 5 heteroatoms. The van der Waals surface area contributed by atoms with Crippen molar-refractivity contribution < 1.29 is 14.4 Å². The monoisotopic (exact) mass is 322 g/mol. The molecule has 0 unspecified atom stereocenters. The number of amides is 2. The van der Waals surface area contributed by atoms with E-state index >= 15 is 0 Å². The van der Waals surface area contributed by atoms with Crippen molar-refractivity contribution in [3.63, 3.8) is 0 Å². The summed E-state index contributed by atoms with van der Waals surface area (Å²) in [4.78, 5) is 35.2. The predicted octanol–water partition coefficient (Wildman–Crippen LogP) is 3.06. The van der Waals surface area contributed by atoms with E-state index in [4.69, 9.17) is 0 Å². The molecule has 24 heavy (non-hydrogen) atoms. The third-order valence-electron chi connectivity index (χ3n) is 3.37. The zero-order valence-electron chi connectivity index (χ0n) is 13.3. The highest BCUT2D eigenvalue weighted by molar-refractivity contribution is 6.05. The third-order valence-corrected chi connectivity index (χ3v) is 3.37. The molecule has 0 aliphatic carbocycles. The second kappa shape index (κ2) is 7.87. The topological polar surface area (TPSA) is 75.3 Å². The Morgan fingerprint density at radius 1 is 0.875 bits per heavy atom. The van der Waals surface area contributed by atoms with Crippen LogP contribution in [-0.2, 0) is 0 Å². The Labute approximate surface area is 140 Å². The van der Waals surface area contributed by atoms with Crippen LogP contribution in [0.25, 0.3) is 0 Å². The zero-order chi connectivity index (χ0) is 17.5. The Hall–Kier alpha value is -3.21. The van der Waals surface area contributed by atoms with Gasteiger partial charge in [0.1, 0.15) is 0 Å². The number of hydrogen-bond acceptors (Lipinski definition) is 3. The largest absolute Gasteiger partial charge is 0.349 e. The molecule has 2 N–H and O–H groups in total. The number of rotatable bonds is 6. The van der Waals surface area contributed by atoms with E-state index in [1.165, 1.54) is 6.92 Å². The average Bonchev–Trinajstić information content (AvgIpc) is 2.60. The molecule has 5 nitrogen and oxygen atoms in total. The number of Topliss-reactive ketones (excluding diaryl/α,β-unsaturated/α-hetero) is 1. The molecule has 2 aromatic carbocycles. The predicted molar refractivity (Wildman–Crippen MR) is 93.4 cm³/mol. The van der Waals surface area contributed by atoms with E-state index in [-0.39, 0.29) is 17.6 Å². The fourth-order valence-corrected chi connectivity index (χ4v) is 2.03. The van der Waals surface area contributed by atoms with Crippen molar-refractivity contribution in [2.75, 3.05) is 11.9 Å². The van der Waals surface area contributed by atoms with Crippen molar-refractivity contribution in [2.45, 2.75) is 6.92 Å². The zero-order valence-corrected chi connectivity index (χ0v) is 13.3. The van der Waals surface area contributed by atoms with Gasteiger partial charge in [-0.2, -0.15) is 0 Å². The van der Waals surface area contributed by atoms with E-state index in [1.807, 2.05) is 0 Å². The summed E-state index contributed by atoms with van der Waals surface area (Å²) in [5.41, 5.74) is 2.09. The van der Waals surface area contributed by atoms with Crippen LogP contribution in [0.2, 0.25) is 0 Å². The first kappa shape index (κ1) is 17.1. The highest BCUT2D eigenvalue weighted by atomic mass is 16.2. The molecule has 0 aliphatic rings. The summed E-state index contributed by atoms with van der Waals surface area (Å²) in [5.74, 6) is -0.538. The first-order valence-electron chi connectivity index (χ1n) is 7.43. The van der Waals surface area contributed by atoms with Crippen molar-refractivity contribution >= 4 is 23.3 Å². The Morgan fingerprint density at radius 2 is 1.38 bits per heavy atom. The second-order valence-electron chi connectivity index (χ2n) is 5.16. The smallest absolute Gasteiger partial charge is 0.255 e. The Kier molecular flexibility index (Phi) is 5.63. The maximum absolute atomic E-state index is 12.2. The summed E-state index contributed by atoms with van der Waals surface area (Å²) in [6.45, 7) is 5.40. The van der Waals surface area contributed by atoms with Gasteiger partial charge in [0.05, 0.1) is 0 Å². The molecule has 0 fully saturated rings. The molecule has 2 aromatic rings. The summed E-state index contributed by atoms with van der Waals surface area (Å²) in [5, 5.41) is 5.41. The van der Waals surface area contributed by atoms with Crippen molar-refractivity contribution in [2.24, 2.45) is 0 Å². The van der Waals surface area contributed by atoms with Gasteiger partial charge in [-0.05, 0) is 55.5 Å². The minimum Gasteiger partial charge on any atom is -0.349 e. The van der Waals surface area contributed by atoms with Crippen LogP contribution < -0.4 is 10.6 Å². The Morgan fingerprint density at radius 3 is 1.88 bits per heavy atom. The van der Waals surface area contributed by atoms with E-state index in [9.17, 15) is 14.4 Å². The van der Waals surface area contributed by atoms with Crippen LogP contribution in [0.1, 0.15) is 38.0 Å². The van der Waals surface area contributed by atoms with Crippen LogP contribution in [0.15, 0.2) is 61.2 Å². The molecule has 122 valence electrons. The third kappa shape index (κ3) is 4.39. The summed E-state index contributed by atoms with van der Waals surface area (Å²) < 4.78 is 0. The van der Waals surface area contributed by atoms with Gasteiger partial charge < -0.3 is 10.6 Å². The van der Waals surface area contributed by atoms with E-state index in [0.29, 0.717) is 28.9 Å². The molecule has 0 aromatic heterocycles. The lowest BCUT2D eigenvalue weighted by atomic mass is 10.1. The van der Waals surface area contributed by atoms with Crippen molar-refractivity contribution in [1.29, 1.82) is 0 Å². The van der Waals surface area contributed by atoms with Gasteiger partial charge in [0, 0.05) is 28.9 Å².